The molecule has 2 unspecified atom stereocenters. The summed E-state index contributed by atoms with van der Waals surface area (Å²) in [7, 11) is 1.70. The van der Waals surface area contributed by atoms with Crippen LogP contribution in [0, 0.1) is 0 Å². The molecule has 0 aromatic heterocycles. The van der Waals surface area contributed by atoms with Crippen LogP contribution in [0.25, 0.3) is 0 Å². The second-order valence-corrected chi connectivity index (χ2v) is 2.63. The Morgan fingerprint density at radius 2 is 2.09 bits per heavy atom. The third-order valence-electron chi connectivity index (χ3n) is 1.45. The van der Waals surface area contributed by atoms with Gasteiger partial charge in [0.2, 0.25) is 5.91 Å². The molecule has 0 heterocycles. The number of carbonyl (C=O) groups is 1. The highest BCUT2D eigenvalue weighted by Gasteiger charge is 2.10. The highest BCUT2D eigenvalue weighted by atomic mass is 16.3. The molecule has 0 aliphatic rings. The van der Waals surface area contributed by atoms with E-state index in [-0.39, 0.29) is 18.5 Å². The Bertz CT molecular complexity index is 126. The fourth-order valence-corrected chi connectivity index (χ4v) is 0.586. The van der Waals surface area contributed by atoms with Gasteiger partial charge in [0.15, 0.2) is 0 Å². The number of rotatable bonds is 4. The molecule has 3 N–H and O–H groups in total. The lowest BCUT2D eigenvalue weighted by atomic mass is 10.2. The van der Waals surface area contributed by atoms with Gasteiger partial charge < -0.3 is 15.7 Å². The van der Waals surface area contributed by atoms with E-state index in [4.69, 9.17) is 5.11 Å². The van der Waals surface area contributed by atoms with E-state index in [0.717, 1.165) is 0 Å². The fraction of sp³-hybridized carbons (Fsp3) is 0.857. The molecule has 0 rings (SSSR count). The van der Waals surface area contributed by atoms with Crippen LogP contribution in [0.5, 0.6) is 0 Å². The van der Waals surface area contributed by atoms with Crippen molar-refractivity contribution in [3.05, 3.63) is 0 Å². The topological polar surface area (TPSA) is 61.4 Å². The molecule has 0 aliphatic carbocycles. The number of aliphatic hydroxyl groups excluding tert-OH is 1. The zero-order chi connectivity index (χ0) is 8.85. The van der Waals surface area contributed by atoms with E-state index in [1.165, 1.54) is 0 Å². The van der Waals surface area contributed by atoms with E-state index in [9.17, 15) is 4.79 Å². The first-order valence-corrected chi connectivity index (χ1v) is 3.70. The van der Waals surface area contributed by atoms with E-state index in [0.29, 0.717) is 0 Å². The smallest absolute Gasteiger partial charge is 0.234 e. The molecule has 0 radical (unpaired) electrons. The summed E-state index contributed by atoms with van der Waals surface area (Å²) < 4.78 is 0. The minimum absolute atomic E-state index is 0.0964. The van der Waals surface area contributed by atoms with Crippen LogP contribution in [-0.4, -0.2) is 36.8 Å². The summed E-state index contributed by atoms with van der Waals surface area (Å²) in [4.78, 5) is 10.9. The van der Waals surface area contributed by atoms with Gasteiger partial charge in [0, 0.05) is 0 Å². The van der Waals surface area contributed by atoms with E-state index in [1.807, 2.05) is 0 Å². The Hall–Kier alpha value is -0.610. The van der Waals surface area contributed by atoms with Gasteiger partial charge in [-0.15, -0.1) is 0 Å². The number of hydrogen-bond acceptors (Lipinski definition) is 3. The van der Waals surface area contributed by atoms with Crippen molar-refractivity contribution in [2.45, 2.75) is 26.0 Å². The molecular formula is C7H16N2O2. The fourth-order valence-electron chi connectivity index (χ4n) is 0.586. The lowest BCUT2D eigenvalue weighted by molar-refractivity contribution is -0.121. The van der Waals surface area contributed by atoms with Gasteiger partial charge in [-0.2, -0.15) is 0 Å². The van der Waals surface area contributed by atoms with Crippen molar-refractivity contribution in [1.82, 2.24) is 10.6 Å². The van der Waals surface area contributed by atoms with E-state index in [2.05, 4.69) is 10.6 Å². The number of amides is 1. The minimum Gasteiger partial charge on any atom is -0.391 e. The summed E-state index contributed by atoms with van der Waals surface area (Å²) in [5.41, 5.74) is 0. The molecule has 0 saturated carbocycles. The summed E-state index contributed by atoms with van der Waals surface area (Å²) in [6, 6.07) is -0.184. The van der Waals surface area contributed by atoms with Crippen molar-refractivity contribution in [2.24, 2.45) is 0 Å². The van der Waals surface area contributed by atoms with Gasteiger partial charge in [0.1, 0.15) is 0 Å². The first kappa shape index (κ1) is 10.4. The van der Waals surface area contributed by atoms with Gasteiger partial charge in [-0.3, -0.25) is 4.79 Å². The van der Waals surface area contributed by atoms with Gasteiger partial charge in [0.05, 0.1) is 18.7 Å². The highest BCUT2D eigenvalue weighted by Crippen LogP contribution is 1.88. The third-order valence-corrected chi connectivity index (χ3v) is 1.45. The summed E-state index contributed by atoms with van der Waals surface area (Å²) >= 11 is 0. The maximum absolute atomic E-state index is 10.9. The highest BCUT2D eigenvalue weighted by molar-refractivity contribution is 5.78. The molecule has 0 spiro atoms. The van der Waals surface area contributed by atoms with Crippen molar-refractivity contribution in [3.8, 4) is 0 Å². The van der Waals surface area contributed by atoms with E-state index in [1.54, 1.807) is 20.9 Å². The SMILES string of the molecule is CNCC(=O)NC(C)C(C)O. The molecule has 0 saturated heterocycles. The molecular weight excluding hydrogens is 144 g/mol. The van der Waals surface area contributed by atoms with Crippen molar-refractivity contribution >= 4 is 5.91 Å². The monoisotopic (exact) mass is 160 g/mol. The number of nitrogens with one attached hydrogen (secondary N) is 2. The molecule has 0 aromatic carbocycles. The van der Waals surface area contributed by atoms with Crippen LogP contribution in [0.2, 0.25) is 0 Å². The minimum atomic E-state index is -0.504. The van der Waals surface area contributed by atoms with Gasteiger partial charge in [-0.05, 0) is 20.9 Å². The molecule has 11 heavy (non-hydrogen) atoms. The molecule has 0 aromatic rings. The predicted octanol–water partition coefficient (Wildman–Crippen LogP) is -0.909. The average Bonchev–Trinajstić information content (AvgIpc) is 1.87. The quantitative estimate of drug-likeness (QED) is 0.499. The van der Waals surface area contributed by atoms with Gasteiger partial charge in [-0.1, -0.05) is 0 Å². The van der Waals surface area contributed by atoms with Crippen LogP contribution in [0.4, 0.5) is 0 Å². The molecule has 2 atom stereocenters. The van der Waals surface area contributed by atoms with Crippen molar-refractivity contribution in [2.75, 3.05) is 13.6 Å². The zero-order valence-corrected chi connectivity index (χ0v) is 7.22. The van der Waals surface area contributed by atoms with Crippen molar-refractivity contribution in [3.63, 3.8) is 0 Å². The Balaban J connectivity index is 3.57. The van der Waals surface area contributed by atoms with Gasteiger partial charge >= 0.3 is 0 Å². The largest absolute Gasteiger partial charge is 0.391 e. The maximum Gasteiger partial charge on any atom is 0.234 e. The molecule has 4 nitrogen and oxygen atoms in total. The summed E-state index contributed by atoms with van der Waals surface area (Å²) in [6.07, 6.45) is -0.504. The van der Waals surface area contributed by atoms with Crippen LogP contribution in [0.1, 0.15) is 13.8 Å². The summed E-state index contributed by atoms with van der Waals surface area (Å²) in [5, 5.41) is 14.3. The Kier molecular flexibility index (Phi) is 4.81. The maximum atomic E-state index is 10.9. The summed E-state index contributed by atoms with van der Waals surface area (Å²) in [5.74, 6) is -0.0964. The second-order valence-electron chi connectivity index (χ2n) is 2.63. The lowest BCUT2D eigenvalue weighted by Crippen LogP contribution is -2.43. The molecule has 66 valence electrons. The van der Waals surface area contributed by atoms with Crippen LogP contribution in [0.15, 0.2) is 0 Å². The summed E-state index contributed by atoms with van der Waals surface area (Å²) in [6.45, 7) is 3.69. The van der Waals surface area contributed by atoms with Crippen LogP contribution in [0.3, 0.4) is 0 Å². The van der Waals surface area contributed by atoms with Crippen molar-refractivity contribution < 1.29 is 9.90 Å². The van der Waals surface area contributed by atoms with Crippen LogP contribution in [-0.2, 0) is 4.79 Å². The number of likely N-dealkylation sites (N-methyl/N-ethyl adjacent to an activating group) is 1. The normalized spacial score (nSPS) is 15.6. The lowest BCUT2D eigenvalue weighted by Gasteiger charge is -2.15. The van der Waals surface area contributed by atoms with Crippen LogP contribution >= 0.6 is 0 Å². The average molecular weight is 160 g/mol. The Labute approximate surface area is 67.0 Å². The standard InChI is InChI=1S/C7H16N2O2/c1-5(6(2)10)9-7(11)4-8-3/h5-6,8,10H,4H2,1-3H3,(H,9,11). The first-order valence-electron chi connectivity index (χ1n) is 3.70. The predicted molar refractivity (Wildman–Crippen MR) is 43.2 cm³/mol. The molecule has 1 amide bonds. The third kappa shape index (κ3) is 4.75. The van der Waals surface area contributed by atoms with Gasteiger partial charge in [-0.25, -0.2) is 0 Å². The van der Waals surface area contributed by atoms with E-state index >= 15 is 0 Å². The van der Waals surface area contributed by atoms with Crippen molar-refractivity contribution in [1.29, 1.82) is 0 Å². The molecule has 0 bridgehead atoms. The number of carbonyl (C=O) groups excluding carboxylic acids is 1. The van der Waals surface area contributed by atoms with E-state index < -0.39 is 6.10 Å². The number of hydrogen-bond donors (Lipinski definition) is 3. The Morgan fingerprint density at radius 3 is 2.45 bits per heavy atom. The Morgan fingerprint density at radius 1 is 1.55 bits per heavy atom. The molecule has 4 heteroatoms. The zero-order valence-electron chi connectivity index (χ0n) is 7.22. The van der Waals surface area contributed by atoms with Crippen LogP contribution < -0.4 is 10.6 Å². The first-order chi connectivity index (χ1) is 5.07. The molecule has 0 fully saturated rings. The second kappa shape index (κ2) is 5.09. The van der Waals surface area contributed by atoms with Gasteiger partial charge in [0.25, 0.3) is 0 Å². The molecule has 0 aliphatic heterocycles. The number of aliphatic hydroxyl groups is 1.